The second-order valence-electron chi connectivity index (χ2n) is 4.34. The molecule has 0 radical (unpaired) electrons. The fourth-order valence-electron chi connectivity index (χ4n) is 2.02. The maximum absolute atomic E-state index is 13.7. The largest absolute Gasteiger partial charge is 0.491 e. The minimum absolute atomic E-state index is 0.275. The minimum atomic E-state index is -0.275. The molecule has 0 atom stereocenters. The van der Waals surface area contributed by atoms with Crippen molar-refractivity contribution in [3.8, 4) is 5.75 Å². The Balaban J connectivity index is 2.09. The van der Waals surface area contributed by atoms with Crippen molar-refractivity contribution in [2.24, 2.45) is 0 Å². The van der Waals surface area contributed by atoms with Gasteiger partial charge in [0.2, 0.25) is 0 Å². The molecule has 3 nitrogen and oxygen atoms in total. The fraction of sp³-hybridized carbons (Fsp3) is 0.538. The smallest absolute Gasteiger partial charge is 0.167 e. The molecule has 2 rings (SSSR count). The summed E-state index contributed by atoms with van der Waals surface area (Å²) in [6.07, 6.45) is 0. The number of rotatable bonds is 3. The number of nitrogens with zero attached hydrogens (tertiary/aromatic N) is 2. The number of hydrogen-bond donors (Lipinski definition) is 0. The van der Waals surface area contributed by atoms with Crippen LogP contribution in [0.15, 0.2) is 18.2 Å². The number of hydrogen-bond acceptors (Lipinski definition) is 3. The van der Waals surface area contributed by atoms with Gasteiger partial charge >= 0.3 is 0 Å². The molecule has 1 fully saturated rings. The molecule has 0 saturated carbocycles. The van der Waals surface area contributed by atoms with Crippen LogP contribution in [0, 0.1) is 5.82 Å². The third-order valence-corrected chi connectivity index (χ3v) is 3.08. The zero-order chi connectivity index (χ0) is 12.3. The molecule has 0 unspecified atom stereocenters. The summed E-state index contributed by atoms with van der Waals surface area (Å²) in [4.78, 5) is 4.49. The highest BCUT2D eigenvalue weighted by Crippen LogP contribution is 2.24. The van der Waals surface area contributed by atoms with Crippen molar-refractivity contribution >= 4 is 5.69 Å². The van der Waals surface area contributed by atoms with Gasteiger partial charge in [-0.3, -0.25) is 0 Å². The maximum atomic E-state index is 13.7. The van der Waals surface area contributed by atoms with Gasteiger partial charge in [0.15, 0.2) is 11.6 Å². The molecule has 0 N–H and O–H groups in total. The van der Waals surface area contributed by atoms with Crippen molar-refractivity contribution < 1.29 is 9.13 Å². The first kappa shape index (κ1) is 12.2. The van der Waals surface area contributed by atoms with Gasteiger partial charge in [-0.1, -0.05) is 0 Å². The first-order chi connectivity index (χ1) is 8.20. The van der Waals surface area contributed by atoms with Gasteiger partial charge in [0.25, 0.3) is 0 Å². The Hall–Kier alpha value is -1.29. The Morgan fingerprint density at radius 3 is 2.53 bits per heavy atom. The SMILES string of the molecule is CCOc1ccc(N2CCN(C)CC2)cc1F. The lowest BCUT2D eigenvalue weighted by Crippen LogP contribution is -2.44. The summed E-state index contributed by atoms with van der Waals surface area (Å²) in [5, 5.41) is 0. The van der Waals surface area contributed by atoms with Crippen LogP contribution < -0.4 is 9.64 Å². The molecule has 0 bridgehead atoms. The van der Waals surface area contributed by atoms with E-state index in [1.807, 2.05) is 13.0 Å². The third-order valence-electron chi connectivity index (χ3n) is 3.08. The van der Waals surface area contributed by atoms with Crippen LogP contribution in [0.4, 0.5) is 10.1 Å². The van der Waals surface area contributed by atoms with E-state index in [0.717, 1.165) is 31.9 Å². The lowest BCUT2D eigenvalue weighted by atomic mass is 10.2. The van der Waals surface area contributed by atoms with Gasteiger partial charge in [0.05, 0.1) is 6.61 Å². The Morgan fingerprint density at radius 2 is 1.94 bits per heavy atom. The van der Waals surface area contributed by atoms with Crippen LogP contribution in [0.3, 0.4) is 0 Å². The normalized spacial score (nSPS) is 17.2. The number of ether oxygens (including phenoxy) is 1. The van der Waals surface area contributed by atoms with Crippen molar-refractivity contribution in [2.45, 2.75) is 6.92 Å². The Labute approximate surface area is 102 Å². The van der Waals surface area contributed by atoms with E-state index in [2.05, 4.69) is 16.8 Å². The Morgan fingerprint density at radius 1 is 1.24 bits per heavy atom. The zero-order valence-corrected chi connectivity index (χ0v) is 10.4. The van der Waals surface area contributed by atoms with Crippen molar-refractivity contribution in [1.82, 2.24) is 4.90 Å². The number of halogens is 1. The molecule has 4 heteroatoms. The van der Waals surface area contributed by atoms with E-state index >= 15 is 0 Å². The molecule has 1 aromatic rings. The van der Waals surface area contributed by atoms with Crippen LogP contribution in [0.1, 0.15) is 6.92 Å². The van der Waals surface area contributed by atoms with E-state index in [-0.39, 0.29) is 5.82 Å². The van der Waals surface area contributed by atoms with Gasteiger partial charge in [0, 0.05) is 37.9 Å². The number of benzene rings is 1. The van der Waals surface area contributed by atoms with Crippen LogP contribution in [-0.4, -0.2) is 44.7 Å². The summed E-state index contributed by atoms with van der Waals surface area (Å²) < 4.78 is 18.9. The molecule has 0 aliphatic carbocycles. The molecular weight excluding hydrogens is 219 g/mol. The average molecular weight is 238 g/mol. The van der Waals surface area contributed by atoms with Gasteiger partial charge < -0.3 is 14.5 Å². The van der Waals surface area contributed by atoms with Crippen molar-refractivity contribution in [1.29, 1.82) is 0 Å². The van der Waals surface area contributed by atoms with Crippen LogP contribution in [-0.2, 0) is 0 Å². The first-order valence-corrected chi connectivity index (χ1v) is 6.06. The maximum Gasteiger partial charge on any atom is 0.167 e. The molecule has 17 heavy (non-hydrogen) atoms. The number of piperazine rings is 1. The van der Waals surface area contributed by atoms with Crippen LogP contribution >= 0.6 is 0 Å². The number of likely N-dealkylation sites (N-methyl/N-ethyl adjacent to an activating group) is 1. The highest BCUT2D eigenvalue weighted by molar-refractivity contribution is 5.50. The van der Waals surface area contributed by atoms with E-state index in [1.165, 1.54) is 0 Å². The topological polar surface area (TPSA) is 15.7 Å². The molecule has 0 aromatic heterocycles. The molecule has 1 aliphatic rings. The highest BCUT2D eigenvalue weighted by atomic mass is 19.1. The van der Waals surface area contributed by atoms with Crippen LogP contribution in [0.25, 0.3) is 0 Å². The number of anilines is 1. The first-order valence-electron chi connectivity index (χ1n) is 6.06. The van der Waals surface area contributed by atoms with E-state index in [0.29, 0.717) is 12.4 Å². The zero-order valence-electron chi connectivity index (χ0n) is 10.4. The van der Waals surface area contributed by atoms with E-state index < -0.39 is 0 Å². The van der Waals surface area contributed by atoms with E-state index in [9.17, 15) is 4.39 Å². The summed E-state index contributed by atoms with van der Waals surface area (Å²) in [5.74, 6) is 0.0636. The van der Waals surface area contributed by atoms with Crippen molar-refractivity contribution in [3.63, 3.8) is 0 Å². The highest BCUT2D eigenvalue weighted by Gasteiger charge is 2.15. The molecule has 1 aromatic carbocycles. The van der Waals surface area contributed by atoms with Gasteiger partial charge in [-0.05, 0) is 26.1 Å². The second-order valence-corrected chi connectivity index (χ2v) is 4.34. The summed E-state index contributed by atoms with van der Waals surface area (Å²) >= 11 is 0. The summed E-state index contributed by atoms with van der Waals surface area (Å²) in [6, 6.07) is 5.21. The van der Waals surface area contributed by atoms with Crippen molar-refractivity contribution in [2.75, 3.05) is 44.7 Å². The summed E-state index contributed by atoms with van der Waals surface area (Å²) in [7, 11) is 2.11. The molecule has 0 amide bonds. The Kier molecular flexibility index (Phi) is 3.84. The molecule has 1 saturated heterocycles. The molecule has 1 aliphatic heterocycles. The Bertz CT molecular complexity index is 376. The standard InChI is InChI=1S/C13H19FN2O/c1-3-17-13-5-4-11(10-12(13)14)16-8-6-15(2)7-9-16/h4-5,10H,3,6-9H2,1-2H3. The molecular formula is C13H19FN2O. The van der Waals surface area contributed by atoms with Gasteiger partial charge in [-0.2, -0.15) is 0 Å². The average Bonchev–Trinajstić information content (AvgIpc) is 2.33. The van der Waals surface area contributed by atoms with Gasteiger partial charge in [-0.15, -0.1) is 0 Å². The predicted octanol–water partition coefficient (Wildman–Crippen LogP) is 1.98. The van der Waals surface area contributed by atoms with Crippen LogP contribution in [0.5, 0.6) is 5.75 Å². The fourth-order valence-corrected chi connectivity index (χ4v) is 2.02. The predicted molar refractivity (Wildman–Crippen MR) is 67.3 cm³/mol. The monoisotopic (exact) mass is 238 g/mol. The lowest BCUT2D eigenvalue weighted by Gasteiger charge is -2.34. The summed E-state index contributed by atoms with van der Waals surface area (Å²) in [5.41, 5.74) is 0.944. The molecule has 94 valence electrons. The van der Waals surface area contributed by atoms with Gasteiger partial charge in [-0.25, -0.2) is 4.39 Å². The lowest BCUT2D eigenvalue weighted by molar-refractivity contribution is 0.311. The molecule has 0 spiro atoms. The van der Waals surface area contributed by atoms with E-state index in [1.54, 1.807) is 12.1 Å². The van der Waals surface area contributed by atoms with Crippen molar-refractivity contribution in [3.05, 3.63) is 24.0 Å². The van der Waals surface area contributed by atoms with Gasteiger partial charge in [0.1, 0.15) is 0 Å². The van der Waals surface area contributed by atoms with E-state index in [4.69, 9.17) is 4.74 Å². The minimum Gasteiger partial charge on any atom is -0.491 e. The summed E-state index contributed by atoms with van der Waals surface area (Å²) in [6.45, 7) is 6.29. The quantitative estimate of drug-likeness (QED) is 0.801. The molecule has 1 heterocycles. The second kappa shape index (κ2) is 5.36. The van der Waals surface area contributed by atoms with Crippen LogP contribution in [0.2, 0.25) is 0 Å². The third kappa shape index (κ3) is 2.88.